The molecule has 1 atom stereocenters. The minimum Gasteiger partial charge on any atom is -0.378 e. The molecule has 0 aliphatic carbocycles. The summed E-state index contributed by atoms with van der Waals surface area (Å²) < 4.78 is 5.45. The van der Waals surface area contributed by atoms with Crippen molar-refractivity contribution in [2.75, 3.05) is 54.9 Å². The molecular weight excluding hydrogens is 526 g/mol. The Kier molecular flexibility index (Phi) is 7.64. The number of rotatable bonds is 6. The van der Waals surface area contributed by atoms with E-state index in [-0.39, 0.29) is 18.4 Å². The van der Waals surface area contributed by atoms with E-state index in [0.29, 0.717) is 37.0 Å². The number of amides is 2. The van der Waals surface area contributed by atoms with Gasteiger partial charge in [-0.05, 0) is 41.5 Å². The van der Waals surface area contributed by atoms with Gasteiger partial charge in [-0.15, -0.1) is 0 Å². The lowest BCUT2D eigenvalue weighted by molar-refractivity contribution is -0.121. The maximum absolute atomic E-state index is 13.7. The molecule has 4 aromatic rings. The van der Waals surface area contributed by atoms with Crippen molar-refractivity contribution in [1.82, 2.24) is 9.88 Å². The second-order valence-corrected chi connectivity index (χ2v) is 10.6. The Morgan fingerprint density at radius 2 is 1.82 bits per heavy atom. The van der Waals surface area contributed by atoms with E-state index in [4.69, 9.17) is 16.3 Å². The summed E-state index contributed by atoms with van der Waals surface area (Å²) in [5.41, 5.74) is 4.32. The predicted octanol–water partition coefficient (Wildman–Crippen LogP) is 4.90. The van der Waals surface area contributed by atoms with Gasteiger partial charge in [0.2, 0.25) is 11.8 Å². The number of hydrogen-bond donors (Lipinski definition) is 2. The van der Waals surface area contributed by atoms with E-state index in [1.165, 1.54) is 0 Å². The van der Waals surface area contributed by atoms with Crippen molar-refractivity contribution >= 4 is 51.2 Å². The molecule has 9 heteroatoms. The number of aromatic nitrogens is 1. The van der Waals surface area contributed by atoms with Gasteiger partial charge in [-0.3, -0.25) is 19.5 Å². The zero-order valence-electron chi connectivity index (χ0n) is 22.0. The number of nitrogens with zero attached hydrogens (tertiary/aromatic N) is 3. The minimum atomic E-state index is -0.501. The molecule has 204 valence electrons. The molecule has 1 aromatic heterocycles. The molecule has 1 saturated heterocycles. The van der Waals surface area contributed by atoms with Gasteiger partial charge in [0, 0.05) is 59.5 Å². The molecule has 0 unspecified atom stereocenters. The molecule has 3 heterocycles. The highest BCUT2D eigenvalue weighted by atomic mass is 35.5. The number of carbonyl (C=O) groups excluding carboxylic acids is 2. The van der Waals surface area contributed by atoms with Crippen LogP contribution in [0.25, 0.3) is 10.8 Å². The second-order valence-electron chi connectivity index (χ2n) is 10.2. The average molecular weight is 556 g/mol. The zero-order valence-corrected chi connectivity index (χ0v) is 22.7. The summed E-state index contributed by atoms with van der Waals surface area (Å²) in [5, 5.41) is 8.56. The lowest BCUT2D eigenvalue weighted by atomic mass is 9.89. The molecule has 0 radical (unpaired) electrons. The van der Waals surface area contributed by atoms with Crippen molar-refractivity contribution in [1.29, 1.82) is 0 Å². The first-order valence-corrected chi connectivity index (χ1v) is 13.8. The molecule has 0 bridgehead atoms. The Labute approximate surface area is 237 Å². The summed E-state index contributed by atoms with van der Waals surface area (Å²) in [5.74, 6) is -0.794. The number of morpholine rings is 1. The SMILES string of the molecule is O=C(CN1Cc2ccc(Cl)cc2[C@H](C(=O)Nc2cncc3ccccc23)C1)Nc1cccc(N2CCOCC2)c1. The molecule has 2 amide bonds. The Bertz CT molecular complexity index is 1550. The Morgan fingerprint density at radius 1 is 0.975 bits per heavy atom. The highest BCUT2D eigenvalue weighted by Gasteiger charge is 2.32. The molecule has 8 nitrogen and oxygen atoms in total. The van der Waals surface area contributed by atoms with Crippen LogP contribution < -0.4 is 15.5 Å². The van der Waals surface area contributed by atoms with E-state index in [2.05, 4.69) is 20.5 Å². The third kappa shape index (κ3) is 5.79. The van der Waals surface area contributed by atoms with Crippen LogP contribution in [0.15, 0.2) is 79.1 Å². The van der Waals surface area contributed by atoms with Crippen molar-refractivity contribution in [3.05, 3.63) is 95.3 Å². The van der Waals surface area contributed by atoms with Crippen molar-refractivity contribution in [3.63, 3.8) is 0 Å². The fourth-order valence-corrected chi connectivity index (χ4v) is 5.66. The number of nitrogens with one attached hydrogen (secondary N) is 2. The van der Waals surface area contributed by atoms with Gasteiger partial charge in [-0.1, -0.05) is 48.0 Å². The van der Waals surface area contributed by atoms with E-state index in [1.807, 2.05) is 71.6 Å². The number of benzene rings is 3. The smallest absolute Gasteiger partial charge is 0.238 e. The molecule has 0 spiro atoms. The van der Waals surface area contributed by atoms with Crippen LogP contribution >= 0.6 is 11.6 Å². The molecule has 2 aliphatic heterocycles. The first kappa shape index (κ1) is 26.3. The van der Waals surface area contributed by atoms with E-state index >= 15 is 0 Å². The first-order chi connectivity index (χ1) is 19.5. The van der Waals surface area contributed by atoms with E-state index in [9.17, 15) is 9.59 Å². The zero-order chi connectivity index (χ0) is 27.5. The van der Waals surface area contributed by atoms with E-state index in [1.54, 1.807) is 12.4 Å². The molecule has 3 aromatic carbocycles. The summed E-state index contributed by atoms with van der Waals surface area (Å²) in [6.45, 7) is 4.14. The summed E-state index contributed by atoms with van der Waals surface area (Å²) in [7, 11) is 0. The lowest BCUT2D eigenvalue weighted by Crippen LogP contribution is -2.42. The van der Waals surface area contributed by atoms with Crippen LogP contribution in [0, 0.1) is 0 Å². The van der Waals surface area contributed by atoms with Crippen LogP contribution in [0.2, 0.25) is 5.02 Å². The summed E-state index contributed by atoms with van der Waals surface area (Å²) in [6.07, 6.45) is 3.44. The lowest BCUT2D eigenvalue weighted by Gasteiger charge is -2.34. The van der Waals surface area contributed by atoms with Crippen LogP contribution in [-0.2, 0) is 20.9 Å². The minimum absolute atomic E-state index is 0.131. The molecule has 2 N–H and O–H groups in total. The fourth-order valence-electron chi connectivity index (χ4n) is 5.48. The van der Waals surface area contributed by atoms with Gasteiger partial charge in [-0.25, -0.2) is 0 Å². The van der Waals surface area contributed by atoms with E-state index < -0.39 is 5.92 Å². The molecule has 6 rings (SSSR count). The predicted molar refractivity (Wildman–Crippen MR) is 158 cm³/mol. The van der Waals surface area contributed by atoms with Gasteiger partial charge in [0.25, 0.3) is 0 Å². The molecule has 2 aliphatic rings. The molecular formula is C31H30ClN5O3. The van der Waals surface area contributed by atoms with Crippen LogP contribution in [0.1, 0.15) is 17.0 Å². The molecule has 1 fully saturated rings. The standard InChI is InChI=1S/C31H30ClN5O3/c32-23-9-8-22-18-36(20-30(38)34-24-5-3-6-25(15-24)37-10-12-40-13-11-37)19-28(27(22)14-23)31(39)35-29-17-33-16-21-4-1-2-7-26(21)29/h1-9,14-17,28H,10-13,18-20H2,(H,34,38)(H,35,39)/t28-/m1/s1. The topological polar surface area (TPSA) is 86.8 Å². The van der Waals surface area contributed by atoms with Crippen molar-refractivity contribution in [2.24, 2.45) is 0 Å². The van der Waals surface area contributed by atoms with Crippen LogP contribution in [-0.4, -0.2) is 61.1 Å². The Hall–Kier alpha value is -3.98. The number of pyridine rings is 1. The van der Waals surface area contributed by atoms with Gasteiger partial charge >= 0.3 is 0 Å². The van der Waals surface area contributed by atoms with Crippen molar-refractivity contribution in [3.8, 4) is 0 Å². The maximum atomic E-state index is 13.7. The number of carbonyl (C=O) groups is 2. The van der Waals surface area contributed by atoms with Gasteiger partial charge < -0.3 is 20.3 Å². The summed E-state index contributed by atoms with van der Waals surface area (Å²) in [6, 6.07) is 21.3. The quantitative estimate of drug-likeness (QED) is 0.352. The van der Waals surface area contributed by atoms with Gasteiger partial charge in [0.05, 0.1) is 37.6 Å². The maximum Gasteiger partial charge on any atom is 0.238 e. The van der Waals surface area contributed by atoms with Gasteiger partial charge in [-0.2, -0.15) is 0 Å². The Balaban J connectivity index is 1.18. The fraction of sp³-hybridized carbons (Fsp3) is 0.258. The summed E-state index contributed by atoms with van der Waals surface area (Å²) in [4.78, 5) is 35.3. The van der Waals surface area contributed by atoms with E-state index in [0.717, 1.165) is 46.4 Å². The Morgan fingerprint density at radius 3 is 2.70 bits per heavy atom. The largest absolute Gasteiger partial charge is 0.378 e. The monoisotopic (exact) mass is 555 g/mol. The highest BCUT2D eigenvalue weighted by Crippen LogP contribution is 2.32. The van der Waals surface area contributed by atoms with Crippen molar-refractivity contribution in [2.45, 2.75) is 12.5 Å². The van der Waals surface area contributed by atoms with Crippen LogP contribution in [0.5, 0.6) is 0 Å². The number of anilines is 3. The number of ether oxygens (including phenoxy) is 1. The number of halogens is 1. The second kappa shape index (κ2) is 11.6. The van der Waals surface area contributed by atoms with Crippen LogP contribution in [0.4, 0.5) is 17.1 Å². The number of hydrogen-bond acceptors (Lipinski definition) is 6. The third-order valence-electron chi connectivity index (χ3n) is 7.43. The molecule has 0 saturated carbocycles. The molecule has 40 heavy (non-hydrogen) atoms. The first-order valence-electron chi connectivity index (χ1n) is 13.4. The number of fused-ring (bicyclic) bond motifs is 2. The average Bonchev–Trinajstić information content (AvgIpc) is 2.97. The third-order valence-corrected chi connectivity index (χ3v) is 7.67. The van der Waals surface area contributed by atoms with Gasteiger partial charge in [0.15, 0.2) is 0 Å². The highest BCUT2D eigenvalue weighted by molar-refractivity contribution is 6.30. The summed E-state index contributed by atoms with van der Waals surface area (Å²) >= 11 is 6.33. The van der Waals surface area contributed by atoms with Crippen LogP contribution in [0.3, 0.4) is 0 Å². The van der Waals surface area contributed by atoms with Crippen molar-refractivity contribution < 1.29 is 14.3 Å². The normalized spacial score (nSPS) is 17.3. The van der Waals surface area contributed by atoms with Gasteiger partial charge in [0.1, 0.15) is 0 Å².